The first-order valence-corrected chi connectivity index (χ1v) is 12.7. The summed E-state index contributed by atoms with van der Waals surface area (Å²) >= 11 is 0. The first-order chi connectivity index (χ1) is 17.4. The van der Waals surface area contributed by atoms with Crippen LogP contribution < -0.4 is 5.32 Å². The van der Waals surface area contributed by atoms with Crippen molar-refractivity contribution in [2.24, 2.45) is 0 Å². The van der Waals surface area contributed by atoms with Gasteiger partial charge in [0.15, 0.2) is 29.0 Å². The van der Waals surface area contributed by atoms with E-state index in [9.17, 15) is 5.11 Å². The van der Waals surface area contributed by atoms with Gasteiger partial charge in [-0.3, -0.25) is 9.47 Å². The van der Waals surface area contributed by atoms with Gasteiger partial charge < -0.3 is 24.6 Å². The summed E-state index contributed by atoms with van der Waals surface area (Å²) in [5.41, 5.74) is 2.52. The normalized spacial score (nSPS) is 25.2. The molecule has 10 nitrogen and oxygen atoms in total. The molecule has 0 bridgehead atoms. The van der Waals surface area contributed by atoms with Crippen LogP contribution in [0.2, 0.25) is 0 Å². The number of aliphatic hydroxyl groups is 1. The Balaban J connectivity index is 1.40. The molecular weight excluding hydrogens is 460 g/mol. The second-order valence-electron chi connectivity index (χ2n) is 10.2. The Bertz CT molecular complexity index is 1150. The van der Waals surface area contributed by atoms with Gasteiger partial charge in [-0.1, -0.05) is 30.3 Å². The number of hydrogen-bond acceptors (Lipinski definition) is 9. The summed E-state index contributed by atoms with van der Waals surface area (Å²) in [5, 5.41) is 12.7. The lowest BCUT2D eigenvalue weighted by molar-refractivity contribution is -0.198. The van der Waals surface area contributed by atoms with E-state index in [-0.39, 0.29) is 24.9 Å². The van der Waals surface area contributed by atoms with Crippen molar-refractivity contribution < 1.29 is 19.3 Å². The molecule has 2 fully saturated rings. The number of fused-ring (bicyclic) bond motifs is 2. The van der Waals surface area contributed by atoms with Gasteiger partial charge in [-0.2, -0.15) is 0 Å². The molecule has 194 valence electrons. The number of rotatable bonds is 10. The number of ether oxygens (including phenoxy) is 3. The molecule has 36 heavy (non-hydrogen) atoms. The fourth-order valence-electron chi connectivity index (χ4n) is 5.04. The maximum absolute atomic E-state index is 9.34. The van der Waals surface area contributed by atoms with Crippen molar-refractivity contribution >= 4 is 17.0 Å². The second kappa shape index (κ2) is 10.4. The molecule has 4 atom stereocenters. The molecule has 2 aliphatic rings. The van der Waals surface area contributed by atoms with Gasteiger partial charge in [-0.15, -0.1) is 0 Å². The molecule has 2 aliphatic heterocycles. The SMILES string of the molecule is CC(C)N(CCCO)C[C@H]1O[C@@H](n2cnc3c(NCc4ccccc4)ncnc32)[C@@H]2OC(C)(C)O[C@@H]21. The number of nitrogens with one attached hydrogen (secondary N) is 1. The van der Waals surface area contributed by atoms with Crippen molar-refractivity contribution in [2.75, 3.05) is 25.0 Å². The van der Waals surface area contributed by atoms with E-state index >= 15 is 0 Å². The maximum Gasteiger partial charge on any atom is 0.167 e. The number of hydrogen-bond donors (Lipinski definition) is 2. The highest BCUT2D eigenvalue weighted by Crippen LogP contribution is 2.44. The van der Waals surface area contributed by atoms with Crippen LogP contribution in [0, 0.1) is 0 Å². The third kappa shape index (κ3) is 5.09. The standard InChI is InChI=1S/C26H36N6O4/c1-17(2)31(11-8-12-33)14-19-21-22(36-26(3,4)35-21)25(34-19)32-16-30-20-23(28-15-29-24(20)32)27-13-18-9-6-5-7-10-18/h5-7,9-10,15-17,19,21-22,25,33H,8,11-14H2,1-4H3,(H,27,28,29)/t19-,21-,22-,25-/m1/s1. The Kier molecular flexibility index (Phi) is 7.23. The van der Waals surface area contributed by atoms with Crippen LogP contribution in [-0.2, 0) is 20.8 Å². The van der Waals surface area contributed by atoms with E-state index in [2.05, 4.69) is 51.1 Å². The van der Waals surface area contributed by atoms with E-state index in [0.717, 1.165) is 12.1 Å². The number of imidazole rings is 1. The molecule has 10 heteroatoms. The van der Waals surface area contributed by atoms with Crippen LogP contribution in [-0.4, -0.2) is 79.4 Å². The van der Waals surface area contributed by atoms with Crippen LogP contribution >= 0.6 is 0 Å². The van der Waals surface area contributed by atoms with E-state index in [0.29, 0.717) is 42.5 Å². The highest BCUT2D eigenvalue weighted by molar-refractivity contribution is 5.82. The van der Waals surface area contributed by atoms with Crippen molar-refractivity contribution in [3.63, 3.8) is 0 Å². The smallest absolute Gasteiger partial charge is 0.167 e. The van der Waals surface area contributed by atoms with Gasteiger partial charge in [0.1, 0.15) is 24.6 Å². The largest absolute Gasteiger partial charge is 0.396 e. The minimum atomic E-state index is -0.711. The molecule has 0 saturated carbocycles. The van der Waals surface area contributed by atoms with Crippen molar-refractivity contribution in [3.8, 4) is 0 Å². The number of benzene rings is 1. The van der Waals surface area contributed by atoms with E-state index in [1.54, 1.807) is 12.7 Å². The van der Waals surface area contributed by atoms with Gasteiger partial charge in [0.05, 0.1) is 6.33 Å². The van der Waals surface area contributed by atoms with Crippen molar-refractivity contribution in [2.45, 2.75) is 77.0 Å². The molecule has 0 aliphatic carbocycles. The molecule has 2 aromatic heterocycles. The molecule has 0 unspecified atom stereocenters. The molecule has 2 saturated heterocycles. The van der Waals surface area contributed by atoms with Gasteiger partial charge in [-0.05, 0) is 39.7 Å². The predicted octanol–water partition coefficient (Wildman–Crippen LogP) is 2.95. The van der Waals surface area contributed by atoms with Gasteiger partial charge in [0.2, 0.25) is 0 Å². The molecule has 0 radical (unpaired) electrons. The Morgan fingerprint density at radius 1 is 1.11 bits per heavy atom. The first kappa shape index (κ1) is 25.0. The number of nitrogens with zero attached hydrogens (tertiary/aromatic N) is 5. The van der Waals surface area contributed by atoms with Crippen LogP contribution in [0.25, 0.3) is 11.2 Å². The summed E-state index contributed by atoms with van der Waals surface area (Å²) in [6.07, 6.45) is 2.85. The first-order valence-electron chi connectivity index (χ1n) is 12.7. The average molecular weight is 497 g/mol. The van der Waals surface area contributed by atoms with Crippen LogP contribution in [0.4, 0.5) is 5.82 Å². The molecular formula is C26H36N6O4. The summed E-state index contributed by atoms with van der Waals surface area (Å²) in [6.45, 7) is 10.5. The van der Waals surface area contributed by atoms with Gasteiger partial charge in [-0.25, -0.2) is 15.0 Å². The van der Waals surface area contributed by atoms with Crippen LogP contribution in [0.3, 0.4) is 0 Å². The second-order valence-corrected chi connectivity index (χ2v) is 10.2. The zero-order valence-electron chi connectivity index (χ0n) is 21.4. The fourth-order valence-corrected chi connectivity index (χ4v) is 5.04. The topological polar surface area (TPSA) is 107 Å². The Morgan fingerprint density at radius 3 is 2.64 bits per heavy atom. The molecule has 5 rings (SSSR count). The van der Waals surface area contributed by atoms with Gasteiger partial charge in [0.25, 0.3) is 0 Å². The summed E-state index contributed by atoms with van der Waals surface area (Å²) in [7, 11) is 0. The number of anilines is 1. The summed E-state index contributed by atoms with van der Waals surface area (Å²) in [6, 6.07) is 10.5. The molecule has 1 aromatic carbocycles. The minimum absolute atomic E-state index is 0.164. The third-order valence-electron chi connectivity index (χ3n) is 6.81. The Morgan fingerprint density at radius 2 is 1.89 bits per heavy atom. The summed E-state index contributed by atoms with van der Waals surface area (Å²) < 4.78 is 21.2. The highest BCUT2D eigenvalue weighted by atomic mass is 16.8. The highest BCUT2D eigenvalue weighted by Gasteiger charge is 2.56. The van der Waals surface area contributed by atoms with Gasteiger partial charge in [0, 0.05) is 32.3 Å². The zero-order chi connectivity index (χ0) is 25.3. The molecule has 0 spiro atoms. The summed E-state index contributed by atoms with van der Waals surface area (Å²) in [5.74, 6) is -0.0375. The van der Waals surface area contributed by atoms with Gasteiger partial charge >= 0.3 is 0 Å². The van der Waals surface area contributed by atoms with E-state index in [1.165, 1.54) is 0 Å². The number of aromatic nitrogens is 4. The predicted molar refractivity (Wildman–Crippen MR) is 135 cm³/mol. The Labute approximate surface area is 211 Å². The Hall–Kier alpha value is -2.63. The van der Waals surface area contributed by atoms with E-state index < -0.39 is 12.0 Å². The molecule has 2 N–H and O–H groups in total. The lowest BCUT2D eigenvalue weighted by Gasteiger charge is -2.31. The van der Waals surface area contributed by atoms with Crippen molar-refractivity contribution in [1.82, 2.24) is 24.4 Å². The minimum Gasteiger partial charge on any atom is -0.396 e. The average Bonchev–Trinajstić information content (AvgIpc) is 3.52. The lowest BCUT2D eigenvalue weighted by atomic mass is 10.1. The number of aliphatic hydroxyl groups excluding tert-OH is 1. The van der Waals surface area contributed by atoms with Crippen molar-refractivity contribution in [1.29, 1.82) is 0 Å². The third-order valence-corrected chi connectivity index (χ3v) is 6.81. The van der Waals surface area contributed by atoms with E-state index in [4.69, 9.17) is 14.2 Å². The zero-order valence-corrected chi connectivity index (χ0v) is 21.4. The van der Waals surface area contributed by atoms with Crippen LogP contribution in [0.15, 0.2) is 43.0 Å². The molecule has 3 aromatic rings. The quantitative estimate of drug-likeness (QED) is 0.438. The fraction of sp³-hybridized carbons (Fsp3) is 0.577. The monoisotopic (exact) mass is 496 g/mol. The maximum atomic E-state index is 9.34. The molecule has 4 heterocycles. The van der Waals surface area contributed by atoms with E-state index in [1.807, 2.05) is 36.6 Å². The lowest BCUT2D eigenvalue weighted by Crippen LogP contribution is -2.43. The van der Waals surface area contributed by atoms with Crippen LogP contribution in [0.1, 0.15) is 45.9 Å². The summed E-state index contributed by atoms with van der Waals surface area (Å²) in [4.78, 5) is 15.9. The van der Waals surface area contributed by atoms with Crippen molar-refractivity contribution in [3.05, 3.63) is 48.5 Å². The van der Waals surface area contributed by atoms with Crippen LogP contribution in [0.5, 0.6) is 0 Å². The molecule has 0 amide bonds.